The molecular weight excluding hydrogens is 302 g/mol. The van der Waals surface area contributed by atoms with Gasteiger partial charge in [-0.15, -0.1) is 10.2 Å². The molecule has 0 aliphatic carbocycles. The highest BCUT2D eigenvalue weighted by Gasteiger charge is 2.21. The summed E-state index contributed by atoms with van der Waals surface area (Å²) in [6.45, 7) is 0. The van der Waals surface area contributed by atoms with Gasteiger partial charge in [0.15, 0.2) is 11.5 Å². The van der Waals surface area contributed by atoms with E-state index in [4.69, 9.17) is 5.73 Å². The number of anilines is 1. The molecule has 3 heterocycles. The summed E-state index contributed by atoms with van der Waals surface area (Å²) in [5, 5.41) is 14.5. The van der Waals surface area contributed by atoms with Crippen LogP contribution >= 0.6 is 0 Å². The second-order valence-corrected chi connectivity index (χ2v) is 5.14. The van der Waals surface area contributed by atoms with Gasteiger partial charge >= 0.3 is 0 Å². The number of nitrogens with two attached hydrogens (primary N) is 1. The van der Waals surface area contributed by atoms with Gasteiger partial charge in [-0.1, -0.05) is 12.1 Å². The van der Waals surface area contributed by atoms with Gasteiger partial charge in [0.1, 0.15) is 5.71 Å². The third-order valence-corrected chi connectivity index (χ3v) is 3.65. The molecular formula is C17H13N7. The van der Waals surface area contributed by atoms with Crippen molar-refractivity contribution in [3.05, 3.63) is 66.7 Å². The highest BCUT2D eigenvalue weighted by Crippen LogP contribution is 2.22. The fourth-order valence-corrected chi connectivity index (χ4v) is 2.47. The van der Waals surface area contributed by atoms with Gasteiger partial charge in [0.05, 0.1) is 5.69 Å². The molecule has 0 saturated carbocycles. The van der Waals surface area contributed by atoms with Gasteiger partial charge < -0.3 is 5.73 Å². The van der Waals surface area contributed by atoms with Crippen molar-refractivity contribution in [3.8, 4) is 0 Å². The zero-order valence-electron chi connectivity index (χ0n) is 12.6. The smallest absolute Gasteiger partial charge is 0.176 e. The zero-order valence-corrected chi connectivity index (χ0v) is 12.6. The van der Waals surface area contributed by atoms with Crippen LogP contribution in [0.1, 0.15) is 5.56 Å². The maximum atomic E-state index is 5.92. The summed E-state index contributed by atoms with van der Waals surface area (Å²) in [7, 11) is 0. The average Bonchev–Trinajstić information content (AvgIpc) is 3.01. The number of hydrazone groups is 1. The summed E-state index contributed by atoms with van der Waals surface area (Å²) >= 11 is 0. The number of fused-ring (bicyclic) bond motifs is 1. The first-order valence-corrected chi connectivity index (χ1v) is 7.31. The van der Waals surface area contributed by atoms with E-state index in [1.165, 1.54) is 0 Å². The van der Waals surface area contributed by atoms with Crippen molar-refractivity contribution in [1.82, 2.24) is 9.97 Å². The second kappa shape index (κ2) is 5.88. The first kappa shape index (κ1) is 14.0. The van der Waals surface area contributed by atoms with E-state index in [-0.39, 0.29) is 5.84 Å². The maximum absolute atomic E-state index is 5.92. The number of nitrogens with zero attached hydrogens (tertiary/aromatic N) is 5. The first-order valence-electron chi connectivity index (χ1n) is 7.31. The topological polar surface area (TPSA) is 101 Å². The quantitative estimate of drug-likeness (QED) is 0.723. The van der Waals surface area contributed by atoms with E-state index < -0.39 is 0 Å². The first-order chi connectivity index (χ1) is 11.8. The Kier molecular flexibility index (Phi) is 3.43. The lowest BCUT2D eigenvalue weighted by molar-refractivity contribution is 1.25. The van der Waals surface area contributed by atoms with E-state index in [2.05, 4.69) is 30.7 Å². The van der Waals surface area contributed by atoms with Crippen molar-refractivity contribution >= 4 is 33.7 Å². The Morgan fingerprint density at radius 2 is 1.75 bits per heavy atom. The molecule has 0 atom stereocenters. The highest BCUT2D eigenvalue weighted by molar-refractivity contribution is 6.72. The number of pyridine rings is 2. The van der Waals surface area contributed by atoms with Gasteiger partial charge in [-0.25, -0.2) is 0 Å². The van der Waals surface area contributed by atoms with Crippen LogP contribution in [0.4, 0.5) is 5.69 Å². The van der Waals surface area contributed by atoms with Crippen molar-refractivity contribution in [2.24, 2.45) is 21.0 Å². The lowest BCUT2D eigenvalue weighted by Gasteiger charge is -2.07. The number of hydrogen-bond acceptors (Lipinski definition) is 7. The Hall–Kier alpha value is -3.61. The number of rotatable bonds is 3. The lowest BCUT2D eigenvalue weighted by Crippen LogP contribution is -2.28. The molecule has 7 nitrogen and oxygen atoms in total. The van der Waals surface area contributed by atoms with Crippen LogP contribution in [-0.4, -0.2) is 27.2 Å². The van der Waals surface area contributed by atoms with Crippen molar-refractivity contribution in [1.29, 1.82) is 0 Å². The van der Waals surface area contributed by atoms with Crippen molar-refractivity contribution in [2.75, 3.05) is 5.43 Å². The van der Waals surface area contributed by atoms with E-state index in [1.54, 1.807) is 18.6 Å². The van der Waals surface area contributed by atoms with E-state index in [1.807, 2.05) is 42.6 Å². The summed E-state index contributed by atoms with van der Waals surface area (Å²) in [6.07, 6.45) is 6.93. The van der Waals surface area contributed by atoms with Gasteiger partial charge in [0, 0.05) is 41.1 Å². The molecule has 2 aromatic heterocycles. The van der Waals surface area contributed by atoms with Gasteiger partial charge in [-0.3, -0.25) is 15.4 Å². The van der Waals surface area contributed by atoms with Crippen molar-refractivity contribution in [3.63, 3.8) is 0 Å². The molecule has 24 heavy (non-hydrogen) atoms. The molecule has 0 saturated heterocycles. The molecule has 0 bridgehead atoms. The summed E-state index contributed by atoms with van der Waals surface area (Å²) in [5.41, 5.74) is 11.8. The van der Waals surface area contributed by atoms with Crippen LogP contribution in [0, 0.1) is 0 Å². The van der Waals surface area contributed by atoms with Crippen LogP contribution in [0.25, 0.3) is 10.8 Å². The normalized spacial score (nSPS) is 15.4. The predicted octanol–water partition coefficient (Wildman–Crippen LogP) is 2.17. The number of aromatic nitrogens is 2. The number of hydrogen-bond donors (Lipinski definition) is 2. The molecule has 1 aromatic carbocycles. The molecule has 0 fully saturated rings. The van der Waals surface area contributed by atoms with Crippen molar-refractivity contribution in [2.45, 2.75) is 0 Å². The molecule has 4 rings (SSSR count). The van der Waals surface area contributed by atoms with Gasteiger partial charge in [0.2, 0.25) is 0 Å². The Morgan fingerprint density at radius 3 is 2.62 bits per heavy atom. The fourth-order valence-electron chi connectivity index (χ4n) is 2.47. The molecule has 0 spiro atoms. The number of nitrogens with one attached hydrogen (secondary N) is 1. The minimum atomic E-state index is 0.274. The summed E-state index contributed by atoms with van der Waals surface area (Å²) in [5.74, 6) is 0.274. The Balaban J connectivity index is 1.69. The minimum absolute atomic E-state index is 0.274. The number of amidine groups is 1. The average molecular weight is 315 g/mol. The Labute approximate surface area is 137 Å². The van der Waals surface area contributed by atoms with Crippen LogP contribution < -0.4 is 11.2 Å². The molecule has 1 aliphatic heterocycles. The van der Waals surface area contributed by atoms with E-state index in [0.29, 0.717) is 11.4 Å². The van der Waals surface area contributed by atoms with Gasteiger partial charge in [-0.05, 0) is 24.3 Å². The van der Waals surface area contributed by atoms with Crippen LogP contribution in [0.2, 0.25) is 0 Å². The molecule has 116 valence electrons. The SMILES string of the molecule is NC1=NN=C(c2ccncc2)/C1=N\Nc1cccc2cnccc12. The van der Waals surface area contributed by atoms with Crippen LogP contribution in [0.15, 0.2) is 76.5 Å². The lowest BCUT2D eigenvalue weighted by atomic mass is 10.1. The highest BCUT2D eigenvalue weighted by atomic mass is 15.3. The summed E-state index contributed by atoms with van der Waals surface area (Å²) in [4.78, 5) is 8.13. The van der Waals surface area contributed by atoms with Crippen molar-refractivity contribution < 1.29 is 0 Å². The van der Waals surface area contributed by atoms with Gasteiger partial charge in [-0.2, -0.15) is 5.10 Å². The molecule has 3 N–H and O–H groups in total. The third-order valence-electron chi connectivity index (χ3n) is 3.65. The second-order valence-electron chi connectivity index (χ2n) is 5.14. The van der Waals surface area contributed by atoms with Crippen LogP contribution in [0.5, 0.6) is 0 Å². The maximum Gasteiger partial charge on any atom is 0.176 e. The van der Waals surface area contributed by atoms with Gasteiger partial charge in [0.25, 0.3) is 0 Å². The molecule has 0 radical (unpaired) electrons. The zero-order chi connectivity index (χ0) is 16.4. The number of benzene rings is 1. The van der Waals surface area contributed by atoms with E-state index >= 15 is 0 Å². The molecule has 0 amide bonds. The van der Waals surface area contributed by atoms with E-state index in [0.717, 1.165) is 22.0 Å². The summed E-state index contributed by atoms with van der Waals surface area (Å²) in [6, 6.07) is 11.5. The third kappa shape index (κ3) is 2.48. The predicted molar refractivity (Wildman–Crippen MR) is 95.2 cm³/mol. The monoisotopic (exact) mass is 315 g/mol. The van der Waals surface area contributed by atoms with Crippen LogP contribution in [0.3, 0.4) is 0 Å². The Morgan fingerprint density at radius 1 is 0.917 bits per heavy atom. The molecule has 1 aliphatic rings. The standard InChI is InChI=1S/C17H13N7/c18-17-16(15(22-24-17)11-4-7-19-8-5-11)23-21-14-3-1-2-12-10-20-9-6-13(12)14/h1-10,21H,(H2,18,23,24). The largest absolute Gasteiger partial charge is 0.380 e. The fraction of sp³-hybridized carbons (Fsp3) is 0. The molecule has 3 aromatic rings. The van der Waals surface area contributed by atoms with E-state index in [9.17, 15) is 0 Å². The molecule has 0 unspecified atom stereocenters. The summed E-state index contributed by atoms with van der Waals surface area (Å²) < 4.78 is 0. The Bertz CT molecular complexity index is 985. The minimum Gasteiger partial charge on any atom is -0.380 e. The van der Waals surface area contributed by atoms with Crippen LogP contribution in [-0.2, 0) is 0 Å². The molecule has 7 heteroatoms.